The maximum absolute atomic E-state index is 12.6. The van der Waals surface area contributed by atoms with Crippen molar-refractivity contribution >= 4 is 37.9 Å². The zero-order valence-corrected chi connectivity index (χ0v) is 15.0. The van der Waals surface area contributed by atoms with E-state index in [-0.39, 0.29) is 24.7 Å². The Bertz CT molecular complexity index is 697. The standard InChI is InChI=1S/C14H16BrNO6S/c1-3-21-12(17)14(13(18)22-4-2)9-16(14)23(19,20)11-7-5-10(15)6-8-11/h5-8H,3-4,9H2,1-2H3. The van der Waals surface area contributed by atoms with Crippen molar-refractivity contribution in [1.82, 2.24) is 4.31 Å². The molecule has 2 rings (SSSR count). The van der Waals surface area contributed by atoms with Crippen LogP contribution in [0.5, 0.6) is 0 Å². The van der Waals surface area contributed by atoms with Gasteiger partial charge in [0.25, 0.3) is 0 Å². The van der Waals surface area contributed by atoms with Crippen molar-refractivity contribution in [3.8, 4) is 0 Å². The number of halogens is 1. The average Bonchev–Trinajstić information content (AvgIpc) is 3.26. The highest BCUT2D eigenvalue weighted by atomic mass is 79.9. The van der Waals surface area contributed by atoms with Crippen molar-refractivity contribution in [2.24, 2.45) is 0 Å². The van der Waals surface area contributed by atoms with Crippen LogP contribution < -0.4 is 0 Å². The first-order valence-corrected chi connectivity index (χ1v) is 9.16. The maximum atomic E-state index is 12.6. The summed E-state index contributed by atoms with van der Waals surface area (Å²) in [5.41, 5.74) is -1.92. The lowest BCUT2D eigenvalue weighted by atomic mass is 10.1. The summed E-state index contributed by atoms with van der Waals surface area (Å²) >= 11 is 3.22. The molecule has 126 valence electrons. The summed E-state index contributed by atoms with van der Waals surface area (Å²) in [5.74, 6) is -1.83. The fraction of sp³-hybridized carbons (Fsp3) is 0.429. The largest absolute Gasteiger partial charge is 0.464 e. The van der Waals surface area contributed by atoms with Crippen molar-refractivity contribution in [1.29, 1.82) is 0 Å². The van der Waals surface area contributed by atoms with Gasteiger partial charge in [0, 0.05) is 4.47 Å². The predicted octanol–water partition coefficient (Wildman–Crippen LogP) is 1.32. The minimum absolute atomic E-state index is 0.0174. The lowest BCUT2D eigenvalue weighted by Crippen LogP contribution is -2.42. The van der Waals surface area contributed by atoms with Gasteiger partial charge in [-0.05, 0) is 38.1 Å². The van der Waals surface area contributed by atoms with Gasteiger partial charge in [-0.25, -0.2) is 18.0 Å². The Kier molecular flexibility index (Phi) is 5.12. The molecule has 1 heterocycles. The summed E-state index contributed by atoms with van der Waals surface area (Å²) in [7, 11) is -4.01. The van der Waals surface area contributed by atoms with Crippen LogP contribution in [0.15, 0.2) is 33.6 Å². The monoisotopic (exact) mass is 405 g/mol. The van der Waals surface area contributed by atoms with Crippen molar-refractivity contribution < 1.29 is 27.5 Å². The van der Waals surface area contributed by atoms with E-state index < -0.39 is 27.5 Å². The first kappa shape index (κ1) is 17.9. The number of benzene rings is 1. The second kappa shape index (κ2) is 6.58. The van der Waals surface area contributed by atoms with Gasteiger partial charge in [-0.2, -0.15) is 4.31 Å². The molecule has 0 spiro atoms. The molecular formula is C14H16BrNO6S. The molecule has 1 aromatic carbocycles. The number of rotatable bonds is 6. The van der Waals surface area contributed by atoms with Crippen LogP contribution in [-0.2, 0) is 29.1 Å². The van der Waals surface area contributed by atoms with E-state index in [1.54, 1.807) is 26.0 Å². The minimum atomic E-state index is -4.01. The number of carbonyl (C=O) groups excluding carboxylic acids is 2. The summed E-state index contributed by atoms with van der Waals surface area (Å²) in [6.07, 6.45) is 0. The highest BCUT2D eigenvalue weighted by Gasteiger charge is 2.72. The molecule has 1 aliphatic rings. The molecule has 0 aliphatic carbocycles. The molecule has 23 heavy (non-hydrogen) atoms. The van der Waals surface area contributed by atoms with Gasteiger partial charge in [-0.15, -0.1) is 0 Å². The third-order valence-corrected chi connectivity index (χ3v) is 5.74. The van der Waals surface area contributed by atoms with Crippen LogP contribution in [-0.4, -0.2) is 50.0 Å². The van der Waals surface area contributed by atoms with E-state index in [1.165, 1.54) is 12.1 Å². The molecular weight excluding hydrogens is 390 g/mol. The number of esters is 2. The predicted molar refractivity (Wildman–Crippen MR) is 84.0 cm³/mol. The Morgan fingerprint density at radius 2 is 1.61 bits per heavy atom. The molecule has 0 N–H and O–H groups in total. The highest BCUT2D eigenvalue weighted by molar-refractivity contribution is 9.10. The molecule has 9 heteroatoms. The lowest BCUT2D eigenvalue weighted by molar-refractivity contribution is -0.159. The first-order valence-electron chi connectivity index (χ1n) is 6.93. The molecule has 0 amide bonds. The van der Waals surface area contributed by atoms with Crippen LogP contribution in [0.2, 0.25) is 0 Å². The number of hydrogen-bond acceptors (Lipinski definition) is 6. The van der Waals surface area contributed by atoms with Crippen molar-refractivity contribution in [2.75, 3.05) is 19.8 Å². The number of sulfonamides is 1. The van der Waals surface area contributed by atoms with Crippen LogP contribution in [0, 0.1) is 0 Å². The second-order valence-electron chi connectivity index (χ2n) is 4.77. The van der Waals surface area contributed by atoms with Crippen LogP contribution in [0.25, 0.3) is 0 Å². The summed E-state index contributed by atoms with van der Waals surface area (Å²) < 4.78 is 36.5. The van der Waals surface area contributed by atoms with Crippen LogP contribution in [0.3, 0.4) is 0 Å². The van der Waals surface area contributed by atoms with Gasteiger partial charge in [0.15, 0.2) is 0 Å². The van der Waals surface area contributed by atoms with Crippen molar-refractivity contribution in [3.63, 3.8) is 0 Å². The third kappa shape index (κ3) is 3.13. The number of hydrogen-bond donors (Lipinski definition) is 0. The summed E-state index contributed by atoms with van der Waals surface area (Å²) in [6, 6.07) is 5.90. The summed E-state index contributed by atoms with van der Waals surface area (Å²) in [4.78, 5) is 24.3. The van der Waals surface area contributed by atoms with Gasteiger partial charge in [-0.3, -0.25) is 0 Å². The molecule has 0 saturated carbocycles. The Morgan fingerprint density at radius 1 is 1.13 bits per heavy atom. The minimum Gasteiger partial charge on any atom is -0.464 e. The molecule has 1 unspecified atom stereocenters. The number of ether oxygens (including phenoxy) is 2. The quantitative estimate of drug-likeness (QED) is 0.402. The van der Waals surface area contributed by atoms with E-state index >= 15 is 0 Å². The molecule has 1 atom stereocenters. The number of carbonyl (C=O) groups is 2. The number of nitrogens with zero attached hydrogens (tertiary/aromatic N) is 1. The van der Waals surface area contributed by atoms with E-state index in [9.17, 15) is 18.0 Å². The van der Waals surface area contributed by atoms with Gasteiger partial charge < -0.3 is 9.47 Å². The normalized spacial score (nSPS) is 19.0. The molecule has 1 aliphatic heterocycles. The first-order chi connectivity index (χ1) is 10.8. The zero-order chi connectivity index (χ0) is 17.3. The lowest BCUT2D eigenvalue weighted by Gasteiger charge is -2.15. The summed E-state index contributed by atoms with van der Waals surface area (Å²) in [5, 5.41) is 0. The molecule has 1 saturated heterocycles. The van der Waals surface area contributed by atoms with E-state index in [4.69, 9.17) is 9.47 Å². The van der Waals surface area contributed by atoms with Gasteiger partial charge in [0.1, 0.15) is 0 Å². The van der Waals surface area contributed by atoms with Gasteiger partial charge in [0.05, 0.1) is 24.7 Å². The SMILES string of the molecule is CCOC(=O)C1(C(=O)OCC)CN1S(=O)(=O)c1ccc(Br)cc1. The van der Waals surface area contributed by atoms with Crippen LogP contribution >= 0.6 is 15.9 Å². The average molecular weight is 406 g/mol. The van der Waals surface area contributed by atoms with Crippen molar-refractivity contribution in [3.05, 3.63) is 28.7 Å². The Labute approximate surface area is 142 Å². The third-order valence-electron chi connectivity index (χ3n) is 3.32. The molecule has 0 aromatic heterocycles. The maximum Gasteiger partial charge on any atom is 0.340 e. The van der Waals surface area contributed by atoms with Crippen molar-refractivity contribution in [2.45, 2.75) is 24.3 Å². The second-order valence-corrected chi connectivity index (χ2v) is 7.54. The van der Waals surface area contributed by atoms with E-state index in [0.717, 1.165) is 4.31 Å². The van der Waals surface area contributed by atoms with Crippen LogP contribution in [0.1, 0.15) is 13.8 Å². The fourth-order valence-corrected chi connectivity index (χ4v) is 4.03. The van der Waals surface area contributed by atoms with Gasteiger partial charge in [0.2, 0.25) is 15.6 Å². The molecule has 0 bridgehead atoms. The van der Waals surface area contributed by atoms with Gasteiger partial charge >= 0.3 is 11.9 Å². The zero-order valence-electron chi connectivity index (χ0n) is 12.6. The topological polar surface area (TPSA) is 89.8 Å². The molecule has 1 fully saturated rings. The van der Waals surface area contributed by atoms with E-state index in [1.807, 2.05) is 0 Å². The highest BCUT2D eigenvalue weighted by Crippen LogP contribution is 2.41. The Balaban J connectivity index is 2.37. The van der Waals surface area contributed by atoms with E-state index in [0.29, 0.717) is 4.47 Å². The fourth-order valence-electron chi connectivity index (χ4n) is 2.11. The Hall–Kier alpha value is -1.45. The Morgan fingerprint density at radius 3 is 2.04 bits per heavy atom. The molecule has 7 nitrogen and oxygen atoms in total. The smallest absolute Gasteiger partial charge is 0.340 e. The van der Waals surface area contributed by atoms with E-state index in [2.05, 4.69) is 15.9 Å². The van der Waals surface area contributed by atoms with Crippen LogP contribution in [0.4, 0.5) is 0 Å². The molecule has 0 radical (unpaired) electrons. The molecule has 1 aromatic rings. The van der Waals surface area contributed by atoms with Gasteiger partial charge in [-0.1, -0.05) is 15.9 Å². The summed E-state index contributed by atoms with van der Waals surface area (Å²) in [6.45, 7) is 2.93.